The van der Waals surface area contributed by atoms with E-state index in [2.05, 4.69) is 23.8 Å². The first kappa shape index (κ1) is 12.3. The molecule has 2 saturated heterocycles. The molecule has 0 N–H and O–H groups in total. The Labute approximate surface area is 98.5 Å². The lowest BCUT2D eigenvalue weighted by molar-refractivity contribution is -0.183. The van der Waals surface area contributed by atoms with Gasteiger partial charge in [0.05, 0.1) is 13.2 Å². The van der Waals surface area contributed by atoms with Gasteiger partial charge in [0, 0.05) is 38.6 Å². The number of piperazine rings is 1. The molecule has 2 aliphatic rings. The minimum absolute atomic E-state index is 0.0451. The minimum Gasteiger partial charge on any atom is -0.353 e. The van der Waals surface area contributed by atoms with Gasteiger partial charge in [-0.3, -0.25) is 0 Å². The lowest BCUT2D eigenvalue weighted by Gasteiger charge is -2.38. The van der Waals surface area contributed by atoms with Gasteiger partial charge in [-0.1, -0.05) is 0 Å². The second kappa shape index (κ2) is 5.96. The lowest BCUT2D eigenvalue weighted by atomic mass is 10.2. The Kier molecular flexibility index (Phi) is 4.58. The van der Waals surface area contributed by atoms with E-state index >= 15 is 0 Å². The maximum Gasteiger partial charge on any atom is 0.158 e. The Morgan fingerprint density at radius 2 is 1.94 bits per heavy atom. The average Bonchev–Trinajstić information content (AvgIpc) is 2.32. The van der Waals surface area contributed by atoms with E-state index in [4.69, 9.17) is 9.47 Å². The van der Waals surface area contributed by atoms with Crippen LogP contribution >= 0.6 is 0 Å². The molecule has 0 aromatic carbocycles. The Morgan fingerprint density at radius 1 is 1.19 bits per heavy atom. The van der Waals surface area contributed by atoms with Gasteiger partial charge in [-0.25, -0.2) is 0 Å². The fourth-order valence-corrected chi connectivity index (χ4v) is 2.32. The van der Waals surface area contributed by atoms with Gasteiger partial charge >= 0.3 is 0 Å². The van der Waals surface area contributed by atoms with Crippen molar-refractivity contribution in [3.8, 4) is 0 Å². The Balaban J connectivity index is 1.65. The monoisotopic (exact) mass is 228 g/mol. The van der Waals surface area contributed by atoms with Gasteiger partial charge in [0.2, 0.25) is 0 Å². The molecule has 0 aromatic rings. The zero-order chi connectivity index (χ0) is 11.4. The van der Waals surface area contributed by atoms with E-state index in [1.165, 1.54) is 19.6 Å². The summed E-state index contributed by atoms with van der Waals surface area (Å²) in [6.45, 7) is 8.64. The highest BCUT2D eigenvalue weighted by molar-refractivity contribution is 4.76. The van der Waals surface area contributed by atoms with Crippen LogP contribution in [0.4, 0.5) is 0 Å². The summed E-state index contributed by atoms with van der Waals surface area (Å²) in [4.78, 5) is 4.94. The Hall–Kier alpha value is -0.160. The molecule has 94 valence electrons. The molecule has 16 heavy (non-hydrogen) atoms. The maximum absolute atomic E-state index is 5.56. The highest BCUT2D eigenvalue weighted by Gasteiger charge is 2.22. The summed E-state index contributed by atoms with van der Waals surface area (Å²) in [6, 6.07) is 0.668. The molecule has 4 heteroatoms. The van der Waals surface area contributed by atoms with E-state index in [1.807, 2.05) is 0 Å². The van der Waals surface area contributed by atoms with E-state index in [0.717, 1.165) is 32.6 Å². The fraction of sp³-hybridized carbons (Fsp3) is 1.00. The molecule has 0 aromatic heterocycles. The zero-order valence-electron chi connectivity index (χ0n) is 10.5. The quantitative estimate of drug-likeness (QED) is 0.712. The van der Waals surface area contributed by atoms with Crippen LogP contribution in [0.3, 0.4) is 0 Å². The van der Waals surface area contributed by atoms with Crippen molar-refractivity contribution < 1.29 is 9.47 Å². The summed E-state index contributed by atoms with van der Waals surface area (Å²) in [5.41, 5.74) is 0. The average molecular weight is 228 g/mol. The smallest absolute Gasteiger partial charge is 0.158 e. The molecule has 1 unspecified atom stereocenters. The number of ether oxygens (including phenoxy) is 2. The SMILES string of the molecule is CC1CN(CCC2OCCCO2)CCN1C. The van der Waals surface area contributed by atoms with Gasteiger partial charge in [0.25, 0.3) is 0 Å². The van der Waals surface area contributed by atoms with Crippen LogP contribution in [0.25, 0.3) is 0 Å². The standard InChI is InChI=1S/C12H24N2O2/c1-11-10-14(7-6-13(11)2)5-4-12-15-8-3-9-16-12/h11-12H,3-10H2,1-2H3. The predicted octanol–water partition coefficient (Wildman–Crippen LogP) is 0.775. The van der Waals surface area contributed by atoms with Crippen molar-refractivity contribution in [3.05, 3.63) is 0 Å². The minimum atomic E-state index is 0.0451. The second-order valence-corrected chi connectivity index (χ2v) is 4.94. The van der Waals surface area contributed by atoms with Gasteiger partial charge in [-0.05, 0) is 20.4 Å². The van der Waals surface area contributed by atoms with Crippen LogP contribution in [0.2, 0.25) is 0 Å². The van der Waals surface area contributed by atoms with Crippen molar-refractivity contribution in [1.29, 1.82) is 0 Å². The molecule has 0 saturated carbocycles. The molecule has 0 bridgehead atoms. The first-order valence-electron chi connectivity index (χ1n) is 6.41. The number of nitrogens with zero attached hydrogens (tertiary/aromatic N) is 2. The van der Waals surface area contributed by atoms with Crippen LogP contribution in [0, 0.1) is 0 Å². The van der Waals surface area contributed by atoms with Gasteiger partial charge in [0.1, 0.15) is 0 Å². The van der Waals surface area contributed by atoms with Crippen molar-refractivity contribution in [1.82, 2.24) is 9.80 Å². The molecule has 0 amide bonds. The maximum atomic E-state index is 5.56. The molecule has 2 rings (SSSR count). The topological polar surface area (TPSA) is 24.9 Å². The third-order valence-electron chi connectivity index (χ3n) is 3.62. The molecule has 1 atom stereocenters. The van der Waals surface area contributed by atoms with Crippen LogP contribution in [-0.4, -0.2) is 68.6 Å². The molecular formula is C12H24N2O2. The van der Waals surface area contributed by atoms with Crippen LogP contribution < -0.4 is 0 Å². The van der Waals surface area contributed by atoms with E-state index in [1.54, 1.807) is 0 Å². The van der Waals surface area contributed by atoms with E-state index < -0.39 is 0 Å². The fourth-order valence-electron chi connectivity index (χ4n) is 2.32. The van der Waals surface area contributed by atoms with Crippen molar-refractivity contribution in [2.75, 3.05) is 46.4 Å². The molecule has 0 spiro atoms. The van der Waals surface area contributed by atoms with E-state index in [9.17, 15) is 0 Å². The summed E-state index contributed by atoms with van der Waals surface area (Å²) in [6.07, 6.45) is 2.10. The van der Waals surface area contributed by atoms with Crippen molar-refractivity contribution in [2.45, 2.75) is 32.1 Å². The molecule has 2 fully saturated rings. The summed E-state index contributed by atoms with van der Waals surface area (Å²) < 4.78 is 11.1. The van der Waals surface area contributed by atoms with Crippen molar-refractivity contribution in [2.24, 2.45) is 0 Å². The Morgan fingerprint density at radius 3 is 2.62 bits per heavy atom. The molecule has 0 aliphatic carbocycles. The van der Waals surface area contributed by atoms with Crippen molar-refractivity contribution >= 4 is 0 Å². The van der Waals surface area contributed by atoms with E-state index in [0.29, 0.717) is 6.04 Å². The lowest BCUT2D eigenvalue weighted by Crippen LogP contribution is -2.50. The second-order valence-electron chi connectivity index (χ2n) is 4.94. The van der Waals surface area contributed by atoms with Gasteiger partial charge in [-0.2, -0.15) is 0 Å². The van der Waals surface area contributed by atoms with E-state index in [-0.39, 0.29) is 6.29 Å². The summed E-state index contributed by atoms with van der Waals surface area (Å²) >= 11 is 0. The van der Waals surface area contributed by atoms with Crippen molar-refractivity contribution in [3.63, 3.8) is 0 Å². The number of hydrogen-bond acceptors (Lipinski definition) is 4. The predicted molar refractivity (Wildman–Crippen MR) is 63.5 cm³/mol. The van der Waals surface area contributed by atoms with Crippen LogP contribution in [0.15, 0.2) is 0 Å². The summed E-state index contributed by atoms with van der Waals surface area (Å²) in [5, 5.41) is 0. The normalized spacial score (nSPS) is 30.8. The van der Waals surface area contributed by atoms with Crippen LogP contribution in [-0.2, 0) is 9.47 Å². The van der Waals surface area contributed by atoms with Crippen LogP contribution in [0.1, 0.15) is 19.8 Å². The van der Waals surface area contributed by atoms with Gasteiger partial charge in [0.15, 0.2) is 6.29 Å². The zero-order valence-corrected chi connectivity index (χ0v) is 10.5. The first-order valence-corrected chi connectivity index (χ1v) is 6.41. The van der Waals surface area contributed by atoms with Crippen LogP contribution in [0.5, 0.6) is 0 Å². The number of likely N-dealkylation sites (N-methyl/N-ethyl adjacent to an activating group) is 1. The largest absolute Gasteiger partial charge is 0.353 e. The van der Waals surface area contributed by atoms with Gasteiger partial charge < -0.3 is 19.3 Å². The molecule has 2 aliphatic heterocycles. The summed E-state index contributed by atoms with van der Waals surface area (Å²) in [7, 11) is 2.20. The molecule has 4 nitrogen and oxygen atoms in total. The highest BCUT2D eigenvalue weighted by atomic mass is 16.7. The number of hydrogen-bond donors (Lipinski definition) is 0. The van der Waals surface area contributed by atoms with Gasteiger partial charge in [-0.15, -0.1) is 0 Å². The third-order valence-corrected chi connectivity index (χ3v) is 3.62. The first-order chi connectivity index (χ1) is 7.75. The summed E-state index contributed by atoms with van der Waals surface area (Å²) in [5.74, 6) is 0. The molecular weight excluding hydrogens is 204 g/mol. The third kappa shape index (κ3) is 3.42. The molecule has 0 radical (unpaired) electrons. The number of rotatable bonds is 3. The highest BCUT2D eigenvalue weighted by Crippen LogP contribution is 2.12. The molecule has 2 heterocycles. The Bertz CT molecular complexity index is 207.